The monoisotopic (exact) mass is 354 g/mol. The van der Waals surface area contributed by atoms with Crippen LogP contribution < -0.4 is 5.32 Å². The van der Waals surface area contributed by atoms with E-state index in [0.29, 0.717) is 5.69 Å². The molecule has 1 amide bonds. The second kappa shape index (κ2) is 7.75. The predicted molar refractivity (Wildman–Crippen MR) is 93.8 cm³/mol. The number of ether oxygens (including phenoxy) is 1. The zero-order chi connectivity index (χ0) is 18.5. The van der Waals surface area contributed by atoms with Gasteiger partial charge < -0.3 is 20.1 Å². The van der Waals surface area contributed by atoms with Gasteiger partial charge in [0.2, 0.25) is 0 Å². The number of benzene rings is 1. The minimum atomic E-state index is -0.582. The van der Waals surface area contributed by atoms with E-state index in [-0.39, 0.29) is 36.9 Å². The molecule has 0 bridgehead atoms. The summed E-state index contributed by atoms with van der Waals surface area (Å²) >= 11 is 0. The maximum Gasteiger partial charge on any atom is 0.337 e. The molecule has 0 radical (unpaired) electrons. The van der Waals surface area contributed by atoms with Gasteiger partial charge in [-0.25, -0.2) is 14.8 Å². The van der Waals surface area contributed by atoms with Gasteiger partial charge in [0, 0.05) is 35.8 Å². The molecule has 8 heteroatoms. The average molecular weight is 354 g/mol. The molecule has 0 saturated heterocycles. The lowest BCUT2D eigenvalue weighted by molar-refractivity contribution is -0.136. The predicted octanol–water partition coefficient (Wildman–Crippen LogP) is 0.817. The number of carbonyl (C=O) groups excluding carboxylic acids is 2. The van der Waals surface area contributed by atoms with Gasteiger partial charge >= 0.3 is 5.97 Å². The molecule has 2 N–H and O–H groups in total. The van der Waals surface area contributed by atoms with Gasteiger partial charge in [0.05, 0.1) is 25.8 Å². The molecule has 1 aromatic heterocycles. The number of carbonyl (C=O) groups is 2. The zero-order valence-electron chi connectivity index (χ0n) is 14.2. The first-order chi connectivity index (χ1) is 12.7. The number of hydrogen-bond acceptors (Lipinski definition) is 7. The van der Waals surface area contributed by atoms with Crippen molar-refractivity contribution in [2.45, 2.75) is 0 Å². The van der Waals surface area contributed by atoms with Crippen LogP contribution >= 0.6 is 0 Å². The summed E-state index contributed by atoms with van der Waals surface area (Å²) in [6.45, 7) is 0.0368. The Morgan fingerprint density at radius 2 is 2.04 bits per heavy atom. The summed E-state index contributed by atoms with van der Waals surface area (Å²) in [6, 6.07) is 7.34. The van der Waals surface area contributed by atoms with Crippen LogP contribution in [0.4, 0.5) is 5.69 Å². The summed E-state index contributed by atoms with van der Waals surface area (Å²) in [5, 5.41) is 12.2. The molecule has 1 aromatic carbocycles. The van der Waals surface area contributed by atoms with E-state index >= 15 is 0 Å². The first-order valence-corrected chi connectivity index (χ1v) is 7.98. The number of aliphatic hydroxyl groups excluding tert-OH is 1. The number of β-amino-alcohol motifs (C(OH)–C–C–N with tert-alkyl or cyclic N) is 1. The van der Waals surface area contributed by atoms with Crippen LogP contribution in [0.25, 0.3) is 11.1 Å². The second-order valence-electron chi connectivity index (χ2n) is 5.59. The number of para-hydroxylation sites is 1. The van der Waals surface area contributed by atoms with Crippen LogP contribution in [0.15, 0.2) is 54.3 Å². The Balaban J connectivity index is 1.99. The molecule has 1 aliphatic rings. The van der Waals surface area contributed by atoms with Gasteiger partial charge in [0.25, 0.3) is 5.91 Å². The van der Waals surface area contributed by atoms with E-state index in [9.17, 15) is 9.59 Å². The first kappa shape index (κ1) is 17.6. The topological polar surface area (TPSA) is 105 Å². The molecule has 0 spiro atoms. The summed E-state index contributed by atoms with van der Waals surface area (Å²) < 4.78 is 4.79. The van der Waals surface area contributed by atoms with Crippen molar-refractivity contribution in [3.05, 3.63) is 54.3 Å². The smallest absolute Gasteiger partial charge is 0.337 e. The Kier molecular flexibility index (Phi) is 5.23. The summed E-state index contributed by atoms with van der Waals surface area (Å²) in [4.78, 5) is 34.1. The number of aromatic nitrogens is 2. The molecule has 3 rings (SSSR count). The third-order valence-corrected chi connectivity index (χ3v) is 4.01. The number of nitrogens with zero attached hydrogens (tertiary/aromatic N) is 3. The molecule has 2 heterocycles. The van der Waals surface area contributed by atoms with Crippen LogP contribution in [0.2, 0.25) is 0 Å². The number of esters is 1. The minimum Gasteiger partial charge on any atom is -0.466 e. The maximum absolute atomic E-state index is 12.6. The normalized spacial score (nSPS) is 13.9. The highest BCUT2D eigenvalue weighted by atomic mass is 16.5. The van der Waals surface area contributed by atoms with Gasteiger partial charge in [-0.3, -0.25) is 4.79 Å². The Morgan fingerprint density at radius 1 is 1.31 bits per heavy atom. The van der Waals surface area contributed by atoms with E-state index in [0.717, 1.165) is 11.1 Å². The molecule has 0 fully saturated rings. The summed E-state index contributed by atoms with van der Waals surface area (Å²) in [7, 11) is 1.27. The van der Waals surface area contributed by atoms with Crippen LogP contribution in [-0.4, -0.2) is 58.7 Å². The van der Waals surface area contributed by atoms with Crippen LogP contribution in [0.1, 0.15) is 0 Å². The molecule has 0 unspecified atom stereocenters. The summed E-state index contributed by atoms with van der Waals surface area (Å²) in [6.07, 6.45) is 4.76. The van der Waals surface area contributed by atoms with E-state index in [1.165, 1.54) is 18.3 Å². The van der Waals surface area contributed by atoms with Crippen molar-refractivity contribution in [1.29, 1.82) is 0 Å². The van der Waals surface area contributed by atoms with Gasteiger partial charge in [-0.1, -0.05) is 18.2 Å². The van der Waals surface area contributed by atoms with Gasteiger partial charge in [0.1, 0.15) is 12.0 Å². The third-order valence-electron chi connectivity index (χ3n) is 4.01. The highest BCUT2D eigenvalue weighted by Gasteiger charge is 2.34. The van der Waals surface area contributed by atoms with Crippen molar-refractivity contribution >= 4 is 17.6 Å². The van der Waals surface area contributed by atoms with Gasteiger partial charge in [-0.2, -0.15) is 0 Å². The van der Waals surface area contributed by atoms with Crippen molar-refractivity contribution in [3.63, 3.8) is 0 Å². The molecule has 26 heavy (non-hydrogen) atoms. The highest BCUT2D eigenvalue weighted by Crippen LogP contribution is 2.30. The molecule has 134 valence electrons. The number of rotatable bonds is 6. The molecule has 1 aliphatic heterocycles. The standard InChI is InChI=1S/C18H18N4O4/c1-26-18(25)14-10-22(6-7-23)17(24)16(14)21-15-5-3-2-4-13(15)12-8-19-11-20-9-12/h2-5,8-9,11,21,23H,6-7,10H2,1H3. The molecule has 0 atom stereocenters. The number of aliphatic hydroxyl groups is 1. The van der Waals surface area contributed by atoms with E-state index < -0.39 is 5.97 Å². The Bertz CT molecular complexity index is 851. The first-order valence-electron chi connectivity index (χ1n) is 7.98. The fourth-order valence-corrected chi connectivity index (χ4v) is 2.77. The van der Waals surface area contributed by atoms with Crippen LogP contribution in [-0.2, 0) is 14.3 Å². The molecule has 0 saturated carbocycles. The van der Waals surface area contributed by atoms with Gasteiger partial charge in [-0.05, 0) is 6.07 Å². The molecular weight excluding hydrogens is 336 g/mol. The van der Waals surface area contributed by atoms with Crippen molar-refractivity contribution < 1.29 is 19.4 Å². The number of amides is 1. The van der Waals surface area contributed by atoms with E-state index in [4.69, 9.17) is 9.84 Å². The lowest BCUT2D eigenvalue weighted by atomic mass is 10.1. The number of nitrogens with one attached hydrogen (secondary N) is 1. The van der Waals surface area contributed by atoms with Crippen molar-refractivity contribution in [2.75, 3.05) is 32.1 Å². The maximum atomic E-state index is 12.6. The lowest BCUT2D eigenvalue weighted by Crippen LogP contribution is -2.31. The molecule has 8 nitrogen and oxygen atoms in total. The van der Waals surface area contributed by atoms with Crippen molar-refractivity contribution in [3.8, 4) is 11.1 Å². The fourth-order valence-electron chi connectivity index (χ4n) is 2.77. The van der Waals surface area contributed by atoms with Gasteiger partial charge in [-0.15, -0.1) is 0 Å². The molecule has 2 aromatic rings. The SMILES string of the molecule is COC(=O)C1=C(Nc2ccccc2-c2cncnc2)C(=O)N(CCO)C1. The lowest BCUT2D eigenvalue weighted by Gasteiger charge is -2.16. The average Bonchev–Trinajstić information content (AvgIpc) is 2.98. The zero-order valence-corrected chi connectivity index (χ0v) is 14.2. The molecule has 0 aliphatic carbocycles. The number of anilines is 1. The Morgan fingerprint density at radius 3 is 2.73 bits per heavy atom. The Hall–Kier alpha value is -3.26. The quantitative estimate of drug-likeness (QED) is 0.740. The molecular formula is C18H18N4O4. The van der Waals surface area contributed by atoms with E-state index in [2.05, 4.69) is 15.3 Å². The van der Waals surface area contributed by atoms with Crippen LogP contribution in [0, 0.1) is 0 Å². The minimum absolute atomic E-state index is 0.0883. The number of hydrogen-bond donors (Lipinski definition) is 2. The van der Waals surface area contributed by atoms with E-state index in [1.54, 1.807) is 18.5 Å². The number of methoxy groups -OCH3 is 1. The van der Waals surface area contributed by atoms with E-state index in [1.807, 2.05) is 18.2 Å². The van der Waals surface area contributed by atoms with Crippen molar-refractivity contribution in [2.24, 2.45) is 0 Å². The Labute approximate surface area is 150 Å². The fraction of sp³-hybridized carbons (Fsp3) is 0.222. The van der Waals surface area contributed by atoms with Crippen LogP contribution in [0.3, 0.4) is 0 Å². The van der Waals surface area contributed by atoms with Crippen LogP contribution in [0.5, 0.6) is 0 Å². The third kappa shape index (κ3) is 3.40. The second-order valence-corrected chi connectivity index (χ2v) is 5.59. The summed E-state index contributed by atoms with van der Waals surface area (Å²) in [5.41, 5.74) is 2.57. The summed E-state index contributed by atoms with van der Waals surface area (Å²) in [5.74, 6) is -0.944. The van der Waals surface area contributed by atoms with Crippen molar-refractivity contribution in [1.82, 2.24) is 14.9 Å². The largest absolute Gasteiger partial charge is 0.466 e. The highest BCUT2D eigenvalue weighted by molar-refractivity contribution is 6.09. The van der Waals surface area contributed by atoms with Gasteiger partial charge in [0.15, 0.2) is 0 Å².